The van der Waals surface area contributed by atoms with Crippen molar-refractivity contribution in [1.29, 1.82) is 0 Å². The van der Waals surface area contributed by atoms with Crippen molar-refractivity contribution < 1.29 is 33.4 Å². The monoisotopic (exact) mass is 430 g/mol. The van der Waals surface area contributed by atoms with Gasteiger partial charge in [-0.3, -0.25) is 19.2 Å². The molecule has 0 fully saturated rings. The topological polar surface area (TPSA) is 96.0 Å². The molecule has 3 atom stereocenters. The summed E-state index contributed by atoms with van der Waals surface area (Å²) in [6.07, 6.45) is 9.75. The minimum atomic E-state index is -0.971. The largest absolute Gasteiger partial charge is 0.461 e. The molecular weight excluding hydrogens is 400 g/mol. The first kappa shape index (κ1) is 24.3. The molecule has 0 amide bonds. The van der Waals surface area contributed by atoms with Crippen molar-refractivity contribution in [2.45, 2.75) is 59.7 Å². The third-order valence-electron chi connectivity index (χ3n) is 5.18. The standard InChI is InChI=1S/C24H30O7/c1-15(2)8-11-22(28)21-14-30-24(31-17(4)27)23-19(13-29-16(3)26)7-5-6-18(12-25)9-10-20(21)23/h8-9,11-15,20,23-24H,5-7,10H2,1-4H3/b11-8+,18-9?,19-13?/t20-,23+,24-/m1/s1. The number of esters is 2. The van der Waals surface area contributed by atoms with Crippen LogP contribution in [0.4, 0.5) is 0 Å². The molecule has 2 rings (SSSR count). The highest BCUT2D eigenvalue weighted by Crippen LogP contribution is 2.42. The summed E-state index contributed by atoms with van der Waals surface area (Å²) in [7, 11) is 0. The van der Waals surface area contributed by atoms with Gasteiger partial charge in [0.25, 0.3) is 6.29 Å². The van der Waals surface area contributed by atoms with Crippen LogP contribution in [-0.2, 0) is 33.4 Å². The number of hydrogen-bond acceptors (Lipinski definition) is 7. The lowest BCUT2D eigenvalue weighted by Gasteiger charge is -2.37. The van der Waals surface area contributed by atoms with Gasteiger partial charge in [-0.1, -0.05) is 26.0 Å². The van der Waals surface area contributed by atoms with E-state index in [0.717, 1.165) is 6.29 Å². The van der Waals surface area contributed by atoms with Gasteiger partial charge in [0, 0.05) is 25.3 Å². The molecule has 31 heavy (non-hydrogen) atoms. The lowest BCUT2D eigenvalue weighted by Crippen LogP contribution is -2.39. The fourth-order valence-electron chi connectivity index (χ4n) is 3.73. The van der Waals surface area contributed by atoms with Crippen molar-refractivity contribution in [3.63, 3.8) is 0 Å². The Morgan fingerprint density at radius 1 is 1.16 bits per heavy atom. The Bertz CT molecular complexity index is 829. The first-order valence-electron chi connectivity index (χ1n) is 10.5. The summed E-state index contributed by atoms with van der Waals surface area (Å²) >= 11 is 0. The minimum absolute atomic E-state index is 0.195. The summed E-state index contributed by atoms with van der Waals surface area (Å²) in [5.74, 6) is -1.98. The van der Waals surface area contributed by atoms with E-state index in [-0.39, 0.29) is 11.7 Å². The van der Waals surface area contributed by atoms with Crippen LogP contribution in [0.2, 0.25) is 0 Å². The number of aldehydes is 1. The summed E-state index contributed by atoms with van der Waals surface area (Å²) in [4.78, 5) is 47.6. The Morgan fingerprint density at radius 3 is 2.52 bits per heavy atom. The first-order valence-corrected chi connectivity index (χ1v) is 10.5. The molecule has 0 bridgehead atoms. The zero-order valence-electron chi connectivity index (χ0n) is 18.5. The van der Waals surface area contributed by atoms with Crippen molar-refractivity contribution in [2.24, 2.45) is 17.8 Å². The highest BCUT2D eigenvalue weighted by Gasteiger charge is 2.42. The van der Waals surface area contributed by atoms with E-state index in [1.54, 1.807) is 6.08 Å². The number of hydrogen-bond donors (Lipinski definition) is 0. The molecule has 1 heterocycles. The van der Waals surface area contributed by atoms with Gasteiger partial charge in [0.2, 0.25) is 0 Å². The lowest BCUT2D eigenvalue weighted by molar-refractivity contribution is -0.180. The van der Waals surface area contributed by atoms with Crippen molar-refractivity contribution in [2.75, 3.05) is 0 Å². The zero-order chi connectivity index (χ0) is 23.0. The van der Waals surface area contributed by atoms with Crippen LogP contribution in [0.25, 0.3) is 0 Å². The molecule has 0 N–H and O–H groups in total. The average Bonchev–Trinajstić information content (AvgIpc) is 2.79. The maximum atomic E-state index is 13.0. The van der Waals surface area contributed by atoms with E-state index in [1.807, 2.05) is 19.9 Å². The van der Waals surface area contributed by atoms with Crippen LogP contribution in [-0.4, -0.2) is 30.3 Å². The quantitative estimate of drug-likeness (QED) is 0.272. The van der Waals surface area contributed by atoms with E-state index in [2.05, 4.69) is 0 Å². The fourth-order valence-corrected chi connectivity index (χ4v) is 3.73. The van der Waals surface area contributed by atoms with Crippen LogP contribution in [0, 0.1) is 17.8 Å². The number of rotatable bonds is 6. The first-order chi connectivity index (χ1) is 14.7. The summed E-state index contributed by atoms with van der Waals surface area (Å²) in [5.41, 5.74) is 1.76. The molecule has 0 unspecified atom stereocenters. The van der Waals surface area contributed by atoms with Gasteiger partial charge >= 0.3 is 11.9 Å². The molecule has 0 spiro atoms. The third kappa shape index (κ3) is 7.05. The van der Waals surface area contributed by atoms with E-state index < -0.39 is 30.1 Å². The average molecular weight is 430 g/mol. The normalized spacial score (nSPS) is 25.3. The van der Waals surface area contributed by atoms with E-state index in [0.29, 0.717) is 42.4 Å². The second-order valence-electron chi connectivity index (χ2n) is 8.08. The second-order valence-corrected chi connectivity index (χ2v) is 8.08. The molecule has 168 valence electrons. The van der Waals surface area contributed by atoms with Crippen molar-refractivity contribution in [3.8, 4) is 0 Å². The van der Waals surface area contributed by atoms with Gasteiger partial charge in [-0.15, -0.1) is 0 Å². The van der Waals surface area contributed by atoms with E-state index >= 15 is 0 Å². The summed E-state index contributed by atoms with van der Waals surface area (Å²) < 4.78 is 16.2. The van der Waals surface area contributed by atoms with Gasteiger partial charge in [-0.05, 0) is 48.8 Å². The van der Waals surface area contributed by atoms with E-state index in [1.165, 1.54) is 32.4 Å². The van der Waals surface area contributed by atoms with Gasteiger partial charge in [0.05, 0.1) is 18.4 Å². The third-order valence-corrected chi connectivity index (χ3v) is 5.18. The van der Waals surface area contributed by atoms with Crippen LogP contribution in [0.1, 0.15) is 53.4 Å². The molecular formula is C24H30O7. The maximum Gasteiger partial charge on any atom is 0.307 e. The number of ether oxygens (including phenoxy) is 3. The molecule has 0 radical (unpaired) electrons. The SMILES string of the molecule is CC(=O)OC=C1CCCC(C=O)=CC[C@@H]2C(C(=O)/C=C/C(C)C)=CO[C@H](OC(C)=O)[C@@H]12. The number of fused-ring (bicyclic) bond motifs is 1. The molecule has 7 heteroatoms. The predicted molar refractivity (Wildman–Crippen MR) is 113 cm³/mol. The summed E-state index contributed by atoms with van der Waals surface area (Å²) in [6, 6.07) is 0. The van der Waals surface area contributed by atoms with E-state index in [4.69, 9.17) is 14.2 Å². The van der Waals surface area contributed by atoms with Gasteiger partial charge < -0.3 is 14.2 Å². The Hall–Kier alpha value is -2.96. The van der Waals surface area contributed by atoms with Crippen LogP contribution >= 0.6 is 0 Å². The Kier molecular flexibility index (Phi) is 8.97. The number of carbonyl (C=O) groups excluding carboxylic acids is 4. The zero-order valence-corrected chi connectivity index (χ0v) is 18.5. The molecule has 0 aromatic carbocycles. The van der Waals surface area contributed by atoms with Crippen LogP contribution in [0.3, 0.4) is 0 Å². The molecule has 0 aromatic heterocycles. The molecule has 1 aliphatic carbocycles. The Balaban J connectivity index is 2.56. The van der Waals surface area contributed by atoms with Gasteiger partial charge in [-0.25, -0.2) is 0 Å². The molecule has 0 aromatic rings. The molecule has 1 aliphatic heterocycles. The number of allylic oxidation sites excluding steroid dienone is 5. The van der Waals surface area contributed by atoms with Crippen molar-refractivity contribution in [3.05, 3.63) is 47.5 Å². The van der Waals surface area contributed by atoms with Gasteiger partial charge in [-0.2, -0.15) is 0 Å². The van der Waals surface area contributed by atoms with Crippen LogP contribution < -0.4 is 0 Å². The highest BCUT2D eigenvalue weighted by atomic mass is 16.7. The number of ketones is 1. The second kappa shape index (κ2) is 11.4. The predicted octanol–water partition coefficient (Wildman–Crippen LogP) is 3.95. The minimum Gasteiger partial charge on any atom is -0.461 e. The molecule has 0 saturated carbocycles. The summed E-state index contributed by atoms with van der Waals surface area (Å²) in [5, 5.41) is 0. The van der Waals surface area contributed by atoms with Crippen LogP contribution in [0.15, 0.2) is 47.5 Å². The highest BCUT2D eigenvalue weighted by molar-refractivity contribution is 6.04. The molecule has 2 aliphatic rings. The lowest BCUT2D eigenvalue weighted by atomic mass is 9.75. The maximum absolute atomic E-state index is 13.0. The Morgan fingerprint density at radius 2 is 1.90 bits per heavy atom. The fraction of sp³-hybridized carbons (Fsp3) is 0.500. The van der Waals surface area contributed by atoms with Crippen LogP contribution in [0.5, 0.6) is 0 Å². The van der Waals surface area contributed by atoms with Gasteiger partial charge in [0.1, 0.15) is 6.29 Å². The van der Waals surface area contributed by atoms with Crippen molar-refractivity contribution >= 4 is 24.0 Å². The molecule has 7 nitrogen and oxygen atoms in total. The van der Waals surface area contributed by atoms with Crippen molar-refractivity contribution in [1.82, 2.24) is 0 Å². The smallest absolute Gasteiger partial charge is 0.307 e. The van der Waals surface area contributed by atoms with E-state index in [9.17, 15) is 19.2 Å². The summed E-state index contributed by atoms with van der Waals surface area (Å²) in [6.45, 7) is 6.51. The van der Waals surface area contributed by atoms with Gasteiger partial charge in [0.15, 0.2) is 5.78 Å². The number of carbonyl (C=O) groups is 4. The Labute approximate surface area is 182 Å². The molecule has 0 saturated heterocycles.